The zero-order valence-corrected chi connectivity index (χ0v) is 19.5. The number of nitrogens with zero attached hydrogens (tertiary/aromatic N) is 2. The second-order valence-electron chi connectivity index (χ2n) is 8.37. The largest absolute Gasteiger partial charge is 0.493 e. The summed E-state index contributed by atoms with van der Waals surface area (Å²) in [7, 11) is 4.65. The van der Waals surface area contributed by atoms with Gasteiger partial charge in [0.05, 0.1) is 33.2 Å². The highest BCUT2D eigenvalue weighted by molar-refractivity contribution is 5.88. The number of carbonyl (C=O) groups excluding carboxylic acids is 2. The van der Waals surface area contributed by atoms with Crippen LogP contribution in [0, 0.1) is 0 Å². The average Bonchev–Trinajstić information content (AvgIpc) is 2.83. The Bertz CT molecular complexity index is 925. The van der Waals surface area contributed by atoms with E-state index in [1.165, 1.54) is 0 Å². The number of carbonyl (C=O) groups is 2. The number of hydrogen-bond donors (Lipinski definition) is 0. The molecule has 0 unspecified atom stereocenters. The average molecular weight is 441 g/mol. The Morgan fingerprint density at radius 3 is 1.88 bits per heavy atom. The molecule has 0 aliphatic carbocycles. The van der Waals surface area contributed by atoms with E-state index in [1.54, 1.807) is 33.5 Å². The van der Waals surface area contributed by atoms with Crippen molar-refractivity contribution >= 4 is 11.8 Å². The maximum absolute atomic E-state index is 13.2. The molecule has 0 N–H and O–H groups in total. The molecule has 3 rings (SSSR count). The van der Waals surface area contributed by atoms with Gasteiger partial charge < -0.3 is 24.0 Å². The minimum Gasteiger partial charge on any atom is -0.493 e. The molecule has 1 saturated heterocycles. The van der Waals surface area contributed by atoms with Crippen LogP contribution in [0.4, 0.5) is 0 Å². The smallest absolute Gasteiger partial charge is 0.232 e. The summed E-state index contributed by atoms with van der Waals surface area (Å²) in [6.07, 6.45) is 0.222. The molecule has 1 fully saturated rings. The van der Waals surface area contributed by atoms with E-state index in [9.17, 15) is 9.59 Å². The van der Waals surface area contributed by atoms with Crippen LogP contribution in [0.3, 0.4) is 0 Å². The lowest BCUT2D eigenvalue weighted by molar-refractivity contribution is -0.142. The summed E-state index contributed by atoms with van der Waals surface area (Å²) in [5.74, 6) is 1.63. The number of piperazine rings is 1. The fraction of sp³-hybridized carbons (Fsp3) is 0.440. The molecular weight excluding hydrogens is 408 g/mol. The van der Waals surface area contributed by atoms with E-state index in [0.29, 0.717) is 43.4 Å². The Labute approximate surface area is 189 Å². The van der Waals surface area contributed by atoms with E-state index >= 15 is 0 Å². The van der Waals surface area contributed by atoms with Crippen molar-refractivity contribution in [2.24, 2.45) is 0 Å². The normalized spacial score (nSPS) is 14.2. The van der Waals surface area contributed by atoms with E-state index in [0.717, 1.165) is 11.1 Å². The third kappa shape index (κ3) is 4.82. The Morgan fingerprint density at radius 1 is 0.844 bits per heavy atom. The first-order valence-corrected chi connectivity index (χ1v) is 10.7. The number of ether oxygens (including phenoxy) is 3. The van der Waals surface area contributed by atoms with Crippen molar-refractivity contribution in [3.63, 3.8) is 0 Å². The summed E-state index contributed by atoms with van der Waals surface area (Å²) in [4.78, 5) is 29.8. The van der Waals surface area contributed by atoms with Crippen LogP contribution in [0.25, 0.3) is 0 Å². The van der Waals surface area contributed by atoms with Crippen LogP contribution in [0.15, 0.2) is 42.5 Å². The third-order valence-corrected chi connectivity index (χ3v) is 6.03. The minimum absolute atomic E-state index is 0.00805. The molecule has 0 spiro atoms. The molecule has 0 atom stereocenters. The highest BCUT2D eigenvalue weighted by atomic mass is 16.5. The Kier molecular flexibility index (Phi) is 7.28. The highest BCUT2D eigenvalue weighted by Gasteiger charge is 2.35. The Hall–Kier alpha value is -3.22. The van der Waals surface area contributed by atoms with E-state index in [4.69, 9.17) is 14.2 Å². The van der Waals surface area contributed by atoms with Crippen molar-refractivity contribution in [1.82, 2.24) is 9.80 Å². The number of methoxy groups -OCH3 is 3. The first-order chi connectivity index (χ1) is 15.3. The van der Waals surface area contributed by atoms with Crippen molar-refractivity contribution in [3.8, 4) is 17.2 Å². The molecule has 0 bridgehead atoms. The number of rotatable bonds is 7. The predicted molar refractivity (Wildman–Crippen MR) is 122 cm³/mol. The lowest BCUT2D eigenvalue weighted by Gasteiger charge is -2.39. The Morgan fingerprint density at radius 2 is 1.38 bits per heavy atom. The summed E-state index contributed by atoms with van der Waals surface area (Å²) in [5.41, 5.74) is 1.17. The van der Waals surface area contributed by atoms with Crippen LogP contribution in [0.2, 0.25) is 0 Å². The van der Waals surface area contributed by atoms with Crippen LogP contribution >= 0.6 is 0 Å². The fourth-order valence-electron chi connectivity index (χ4n) is 4.06. The molecule has 172 valence electrons. The second kappa shape index (κ2) is 9.94. The zero-order chi connectivity index (χ0) is 23.3. The van der Waals surface area contributed by atoms with Crippen molar-refractivity contribution < 1.29 is 23.8 Å². The van der Waals surface area contributed by atoms with Gasteiger partial charge in [0.25, 0.3) is 0 Å². The first kappa shape index (κ1) is 23.4. The van der Waals surface area contributed by atoms with Gasteiger partial charge in [-0.25, -0.2) is 0 Å². The van der Waals surface area contributed by atoms with Crippen LogP contribution < -0.4 is 14.2 Å². The van der Waals surface area contributed by atoms with Crippen molar-refractivity contribution in [1.29, 1.82) is 0 Å². The second-order valence-corrected chi connectivity index (χ2v) is 8.37. The lowest BCUT2D eigenvalue weighted by atomic mass is 9.83. The predicted octanol–water partition coefficient (Wildman–Crippen LogP) is 2.90. The molecule has 7 heteroatoms. The van der Waals surface area contributed by atoms with E-state index in [1.807, 2.05) is 54.0 Å². The highest BCUT2D eigenvalue weighted by Crippen LogP contribution is 2.38. The van der Waals surface area contributed by atoms with Crippen LogP contribution in [-0.2, 0) is 21.4 Å². The monoisotopic (exact) mass is 440 g/mol. The van der Waals surface area contributed by atoms with Gasteiger partial charge >= 0.3 is 0 Å². The van der Waals surface area contributed by atoms with Crippen molar-refractivity contribution in [2.75, 3.05) is 47.5 Å². The number of benzene rings is 2. The maximum atomic E-state index is 13.2. The van der Waals surface area contributed by atoms with Gasteiger partial charge in [-0.3, -0.25) is 9.59 Å². The molecule has 2 amide bonds. The van der Waals surface area contributed by atoms with Gasteiger partial charge in [-0.05, 0) is 37.1 Å². The summed E-state index contributed by atoms with van der Waals surface area (Å²) >= 11 is 0. The summed E-state index contributed by atoms with van der Waals surface area (Å²) < 4.78 is 16.1. The fourth-order valence-corrected chi connectivity index (χ4v) is 4.06. The molecule has 2 aromatic rings. The van der Waals surface area contributed by atoms with Crippen LogP contribution in [-0.4, -0.2) is 69.1 Å². The van der Waals surface area contributed by atoms with Crippen molar-refractivity contribution in [3.05, 3.63) is 53.6 Å². The van der Waals surface area contributed by atoms with Gasteiger partial charge in [-0.2, -0.15) is 0 Å². The van der Waals surface area contributed by atoms with Gasteiger partial charge in [-0.1, -0.05) is 30.3 Å². The zero-order valence-electron chi connectivity index (χ0n) is 19.5. The van der Waals surface area contributed by atoms with Gasteiger partial charge in [0.1, 0.15) is 0 Å². The molecular formula is C25H32N2O5. The molecule has 1 aliphatic rings. The molecule has 0 saturated carbocycles. The molecule has 1 heterocycles. The third-order valence-electron chi connectivity index (χ3n) is 6.03. The van der Waals surface area contributed by atoms with E-state index in [-0.39, 0.29) is 18.2 Å². The maximum Gasteiger partial charge on any atom is 0.232 e. The lowest BCUT2D eigenvalue weighted by Crippen LogP contribution is -2.54. The number of hydrogen-bond acceptors (Lipinski definition) is 5. The van der Waals surface area contributed by atoms with Crippen molar-refractivity contribution in [2.45, 2.75) is 25.7 Å². The van der Waals surface area contributed by atoms with Gasteiger partial charge in [0.2, 0.25) is 17.6 Å². The topological polar surface area (TPSA) is 68.3 Å². The quantitative estimate of drug-likeness (QED) is 0.662. The molecule has 7 nitrogen and oxygen atoms in total. The molecule has 0 radical (unpaired) electrons. The standard InChI is InChI=1S/C25H32N2O5/c1-25(2,19-9-7-6-8-10-19)24(29)27-13-11-26(12-14-27)22(28)17-18-15-20(30-3)23(32-5)21(16-18)31-4/h6-10,15-16H,11-14,17H2,1-5H3. The molecule has 32 heavy (non-hydrogen) atoms. The summed E-state index contributed by atoms with van der Waals surface area (Å²) in [6, 6.07) is 13.4. The van der Waals surface area contributed by atoms with Crippen LogP contribution in [0.5, 0.6) is 17.2 Å². The summed E-state index contributed by atoms with van der Waals surface area (Å²) in [5, 5.41) is 0. The molecule has 2 aromatic carbocycles. The van der Waals surface area contributed by atoms with Gasteiger partial charge in [-0.15, -0.1) is 0 Å². The van der Waals surface area contributed by atoms with Gasteiger partial charge in [0, 0.05) is 26.2 Å². The summed E-state index contributed by atoms with van der Waals surface area (Å²) in [6.45, 7) is 5.98. The van der Waals surface area contributed by atoms with E-state index in [2.05, 4.69) is 0 Å². The Balaban J connectivity index is 1.63. The van der Waals surface area contributed by atoms with Gasteiger partial charge in [0.15, 0.2) is 11.5 Å². The first-order valence-electron chi connectivity index (χ1n) is 10.7. The minimum atomic E-state index is -0.607. The molecule has 1 aliphatic heterocycles. The van der Waals surface area contributed by atoms with Crippen LogP contribution in [0.1, 0.15) is 25.0 Å². The number of amides is 2. The molecule has 0 aromatic heterocycles. The van der Waals surface area contributed by atoms with E-state index < -0.39 is 5.41 Å². The SMILES string of the molecule is COc1cc(CC(=O)N2CCN(C(=O)C(C)(C)c3ccccc3)CC2)cc(OC)c1OC.